The molecule has 0 saturated carbocycles. The van der Waals surface area contributed by atoms with Crippen LogP contribution in [0, 0.1) is 0 Å². The van der Waals surface area contributed by atoms with E-state index in [1.54, 1.807) is 0 Å². The Hall–Kier alpha value is -7.99. The number of carboxylic acid groups (broad SMARTS) is 4. The second-order valence-electron chi connectivity index (χ2n) is 11.1. The van der Waals surface area contributed by atoms with Gasteiger partial charge in [-0.1, -0.05) is 6.08 Å². The smallest absolute Gasteiger partial charge is 0.356 e. The fourth-order valence-corrected chi connectivity index (χ4v) is 5.58. The summed E-state index contributed by atoms with van der Waals surface area (Å²) in [6, 6.07) is 0. The number of carbonyl (C=O) groups excluding carboxylic acids is 1. The van der Waals surface area contributed by atoms with Crippen LogP contribution in [0.3, 0.4) is 0 Å². The van der Waals surface area contributed by atoms with Crippen LogP contribution < -0.4 is 26.8 Å². The first-order valence-electron chi connectivity index (χ1n) is 15.3. The largest absolute Gasteiger partial charge is 0.494 e. The number of aromatic nitrogens is 8. The number of aromatic carboxylic acids is 4. The Labute approximate surface area is 301 Å². The summed E-state index contributed by atoms with van der Waals surface area (Å²) in [5, 5.41) is 77.4. The molecule has 0 atom stereocenters. The van der Waals surface area contributed by atoms with Crippen molar-refractivity contribution in [3.8, 4) is 23.1 Å². The minimum absolute atomic E-state index is 0.330. The van der Waals surface area contributed by atoms with Crippen molar-refractivity contribution in [2.75, 3.05) is 18.2 Å². The maximum atomic E-state index is 13.7. The Balaban J connectivity index is 1.56. The molecule has 280 valence electrons. The van der Waals surface area contributed by atoms with Crippen LogP contribution in [-0.4, -0.2) is 118 Å². The lowest BCUT2D eigenvalue weighted by Crippen LogP contribution is -2.48. The molecule has 3 aliphatic heterocycles. The molecule has 55 heavy (non-hydrogen) atoms. The number of pyridine rings is 2. The van der Waals surface area contributed by atoms with Crippen molar-refractivity contribution < 1.29 is 59.7 Å². The molecule has 24 nitrogen and oxygen atoms in total. The van der Waals surface area contributed by atoms with E-state index in [2.05, 4.69) is 30.1 Å². The Morgan fingerprint density at radius 1 is 0.691 bits per heavy atom. The Morgan fingerprint density at radius 2 is 1.27 bits per heavy atom. The van der Waals surface area contributed by atoms with Crippen molar-refractivity contribution in [3.63, 3.8) is 0 Å². The van der Waals surface area contributed by atoms with E-state index in [0.717, 1.165) is 52.1 Å². The summed E-state index contributed by atoms with van der Waals surface area (Å²) < 4.78 is 2.25. The number of allylic oxidation sites excluding steroid dienone is 1. The molecular formula is C31H22N10O14. The van der Waals surface area contributed by atoms with Crippen LogP contribution in [0.1, 0.15) is 57.6 Å². The molecule has 0 radical (unpaired) electrons. The Bertz CT molecular complexity index is 2720. The molecule has 0 aromatic carbocycles. The van der Waals surface area contributed by atoms with Gasteiger partial charge in [0, 0.05) is 0 Å². The highest BCUT2D eigenvalue weighted by Gasteiger charge is 2.36. The predicted octanol–water partition coefficient (Wildman–Crippen LogP) is -2.95. The van der Waals surface area contributed by atoms with Gasteiger partial charge in [-0.3, -0.25) is 23.5 Å². The molecule has 0 aliphatic carbocycles. The molecule has 0 bridgehead atoms. The first kappa shape index (κ1) is 36.8. The zero-order chi connectivity index (χ0) is 39.9. The lowest BCUT2D eigenvalue weighted by Gasteiger charge is -2.17. The number of rotatable bonds is 12. The first-order valence-corrected chi connectivity index (χ1v) is 15.3. The molecule has 6 rings (SSSR count). The summed E-state index contributed by atoms with van der Waals surface area (Å²) in [6.45, 7) is -2.29. The van der Waals surface area contributed by atoms with E-state index in [4.69, 9.17) is 10.2 Å². The Morgan fingerprint density at radius 3 is 1.80 bits per heavy atom. The molecule has 6 heterocycles. The van der Waals surface area contributed by atoms with Crippen molar-refractivity contribution >= 4 is 47.8 Å². The number of carboxylic acids is 4. The van der Waals surface area contributed by atoms with Crippen LogP contribution in [0.2, 0.25) is 0 Å². The molecule has 3 aliphatic rings. The molecule has 7 N–H and O–H groups in total. The van der Waals surface area contributed by atoms with Crippen molar-refractivity contribution in [1.29, 1.82) is 0 Å². The normalized spacial score (nSPS) is 12.7. The number of amides is 1. The van der Waals surface area contributed by atoms with Crippen LogP contribution in [0.15, 0.2) is 45.6 Å². The molecule has 3 aromatic heterocycles. The third-order valence-electron chi connectivity index (χ3n) is 7.92. The number of aliphatic hydroxyl groups excluding tert-OH is 2. The van der Waals surface area contributed by atoms with Gasteiger partial charge in [0.15, 0.2) is 34.3 Å². The minimum atomic E-state index is -1.79. The fourth-order valence-electron chi connectivity index (χ4n) is 5.58. The van der Waals surface area contributed by atoms with Gasteiger partial charge in [0.2, 0.25) is 5.88 Å². The SMILES string of the molecule is O=C(O)c1cnc(N2N=c3c(c(C(=O)O)c(=CC=Cc4c(C(=O)O)c5c(=O)n(-c6cnc(C(=O)O)cn6)nc-5n(CCO)c4O)c(=O)n3CCO)C2=O)cn1. The molecule has 3 aromatic rings. The summed E-state index contributed by atoms with van der Waals surface area (Å²) in [5.41, 5.74) is -7.19. The van der Waals surface area contributed by atoms with E-state index in [0.29, 0.717) is 9.69 Å². The van der Waals surface area contributed by atoms with Crippen LogP contribution in [0.5, 0.6) is 5.88 Å². The van der Waals surface area contributed by atoms with Gasteiger partial charge in [-0.05, 0) is 12.2 Å². The van der Waals surface area contributed by atoms with E-state index in [-0.39, 0.29) is 11.6 Å². The summed E-state index contributed by atoms with van der Waals surface area (Å²) in [7, 11) is 0. The summed E-state index contributed by atoms with van der Waals surface area (Å²) in [5.74, 6) is -9.50. The van der Waals surface area contributed by atoms with Gasteiger partial charge in [0.25, 0.3) is 17.0 Å². The van der Waals surface area contributed by atoms with Gasteiger partial charge < -0.3 is 35.7 Å². The standard InChI is InChI=1S/C31H22N10O14/c42-6-4-38-22-20(26(46)40(36-22)16-10-32-14(8-34-16)28(48)49)18(30(52)53)12(24(38)44)2-1-3-13-19(31(54)55)21-23(39(5-7-43)25(13)45)37-41(27(21)47)17-11-33-15(9-35-17)29(50)51/h1-3,8-11,42-44H,4-7H2,(H,48,49)(H,50,51)(H,52,53)(H,54,55). The van der Waals surface area contributed by atoms with E-state index >= 15 is 0 Å². The minimum Gasteiger partial charge on any atom is -0.494 e. The molecule has 24 heteroatoms. The molecule has 0 saturated heterocycles. The van der Waals surface area contributed by atoms with Gasteiger partial charge in [0.05, 0.1) is 73.0 Å². The van der Waals surface area contributed by atoms with E-state index in [1.165, 1.54) is 0 Å². The average molecular weight is 759 g/mol. The number of fused-ring (bicyclic) bond motifs is 2. The highest BCUT2D eigenvalue weighted by molar-refractivity contribution is 6.12. The fraction of sp³-hybridized carbons (Fsp3) is 0.129. The van der Waals surface area contributed by atoms with Crippen molar-refractivity contribution in [2.24, 2.45) is 5.10 Å². The van der Waals surface area contributed by atoms with Crippen LogP contribution in [-0.2, 0) is 13.1 Å². The lowest BCUT2D eigenvalue weighted by atomic mass is 10.0. The van der Waals surface area contributed by atoms with Crippen molar-refractivity contribution in [3.05, 3.63) is 95.9 Å². The van der Waals surface area contributed by atoms with Gasteiger partial charge >= 0.3 is 23.9 Å². The van der Waals surface area contributed by atoms with Gasteiger partial charge in [-0.2, -0.15) is 9.69 Å². The van der Waals surface area contributed by atoms with E-state index in [1.807, 2.05) is 0 Å². The molecule has 0 unspecified atom stereocenters. The van der Waals surface area contributed by atoms with Crippen LogP contribution in [0.25, 0.3) is 29.4 Å². The van der Waals surface area contributed by atoms with Crippen LogP contribution >= 0.6 is 0 Å². The number of anilines is 1. The van der Waals surface area contributed by atoms with Crippen LogP contribution in [0.4, 0.5) is 5.82 Å². The maximum Gasteiger partial charge on any atom is 0.356 e. The maximum absolute atomic E-state index is 13.7. The monoisotopic (exact) mass is 758 g/mol. The second-order valence-corrected chi connectivity index (χ2v) is 11.1. The summed E-state index contributed by atoms with van der Waals surface area (Å²) >= 11 is 0. The lowest BCUT2D eigenvalue weighted by molar-refractivity contribution is 0.0679. The Kier molecular flexibility index (Phi) is 9.50. The third-order valence-corrected chi connectivity index (χ3v) is 7.92. The quantitative estimate of drug-likeness (QED) is 0.0668. The van der Waals surface area contributed by atoms with Gasteiger partial charge in [0.1, 0.15) is 11.1 Å². The summed E-state index contributed by atoms with van der Waals surface area (Å²) in [6.07, 6.45) is 6.07. The molecule has 0 fully saturated rings. The van der Waals surface area contributed by atoms with Crippen molar-refractivity contribution in [2.45, 2.75) is 13.1 Å². The number of hydrogen-bond donors (Lipinski definition) is 7. The number of hydrogen-bond acceptors (Lipinski definition) is 16. The van der Waals surface area contributed by atoms with Crippen molar-refractivity contribution in [1.82, 2.24) is 38.9 Å². The summed E-state index contributed by atoms with van der Waals surface area (Å²) in [4.78, 5) is 104. The number of aliphatic hydroxyl groups is 2. The zero-order valence-electron chi connectivity index (χ0n) is 27.3. The third kappa shape index (κ3) is 6.19. The first-order chi connectivity index (χ1) is 26.2. The van der Waals surface area contributed by atoms with Gasteiger partial charge in [-0.25, -0.2) is 39.1 Å². The topological polar surface area (TPSA) is 356 Å². The predicted molar refractivity (Wildman–Crippen MR) is 178 cm³/mol. The molecule has 0 spiro atoms. The highest BCUT2D eigenvalue weighted by Crippen LogP contribution is 2.34. The zero-order valence-corrected chi connectivity index (χ0v) is 27.3. The second kappa shape index (κ2) is 14.2. The molecule has 1 amide bonds. The van der Waals surface area contributed by atoms with Gasteiger partial charge in [-0.15, -0.1) is 10.2 Å². The number of aromatic hydroxyl groups is 1. The van der Waals surface area contributed by atoms with E-state index < -0.39 is 129 Å². The number of carbonyl (C=O) groups is 5. The average Bonchev–Trinajstić information content (AvgIpc) is 3.67. The highest BCUT2D eigenvalue weighted by atomic mass is 16.4. The van der Waals surface area contributed by atoms with E-state index in [9.17, 15) is 59.1 Å². The molecular weight excluding hydrogens is 736 g/mol. The number of nitrogens with zero attached hydrogens (tertiary/aromatic N) is 10.